The van der Waals surface area contributed by atoms with Crippen molar-refractivity contribution in [3.63, 3.8) is 0 Å². The van der Waals surface area contributed by atoms with Crippen molar-refractivity contribution in [2.45, 2.75) is 25.3 Å². The fraction of sp³-hybridized carbons (Fsp3) is 0.278. The lowest BCUT2D eigenvalue weighted by molar-refractivity contribution is -0.116. The second kappa shape index (κ2) is 6.15. The van der Waals surface area contributed by atoms with Gasteiger partial charge in [-0.05, 0) is 30.5 Å². The van der Waals surface area contributed by atoms with Gasteiger partial charge in [-0.3, -0.25) is 4.79 Å². The number of halogens is 1. The smallest absolute Gasteiger partial charge is 0.343 e. The molecule has 2 aromatic rings. The maximum absolute atomic E-state index is 12.6. The molecule has 0 unspecified atom stereocenters. The highest BCUT2D eigenvalue weighted by atomic mass is 79.9. The third kappa shape index (κ3) is 2.59. The van der Waals surface area contributed by atoms with Crippen LogP contribution < -0.4 is 5.32 Å². The van der Waals surface area contributed by atoms with Crippen molar-refractivity contribution >= 4 is 33.5 Å². The number of ketones is 1. The van der Waals surface area contributed by atoms with E-state index in [2.05, 4.69) is 26.3 Å². The second-order valence-corrected chi connectivity index (χ2v) is 7.01. The lowest BCUT2D eigenvalue weighted by atomic mass is 9.85. The molecule has 4 rings (SSSR count). The molecule has 1 atom stereocenters. The highest BCUT2D eigenvalue weighted by Crippen LogP contribution is 2.41. The van der Waals surface area contributed by atoms with E-state index in [9.17, 15) is 9.59 Å². The molecule has 0 spiro atoms. The van der Waals surface area contributed by atoms with Gasteiger partial charge in [0.05, 0.1) is 13.3 Å². The quantitative estimate of drug-likeness (QED) is 0.779. The van der Waals surface area contributed by atoms with E-state index in [4.69, 9.17) is 4.74 Å². The Balaban J connectivity index is 1.91. The van der Waals surface area contributed by atoms with Crippen molar-refractivity contribution in [3.05, 3.63) is 57.3 Å². The van der Waals surface area contributed by atoms with Gasteiger partial charge in [0.2, 0.25) is 0 Å². The van der Waals surface area contributed by atoms with Gasteiger partial charge in [-0.25, -0.2) is 9.48 Å². The van der Waals surface area contributed by atoms with Crippen LogP contribution in [0.15, 0.2) is 46.2 Å². The first-order valence-electron chi connectivity index (χ1n) is 8.04. The normalized spacial score (nSPS) is 19.1. The van der Waals surface area contributed by atoms with Gasteiger partial charge in [-0.2, -0.15) is 5.10 Å². The zero-order valence-electron chi connectivity index (χ0n) is 13.6. The van der Waals surface area contributed by atoms with Crippen LogP contribution in [0, 0.1) is 0 Å². The van der Waals surface area contributed by atoms with Crippen LogP contribution in [0.5, 0.6) is 0 Å². The van der Waals surface area contributed by atoms with Gasteiger partial charge in [-0.15, -0.1) is 0 Å². The first-order valence-corrected chi connectivity index (χ1v) is 8.84. The summed E-state index contributed by atoms with van der Waals surface area (Å²) in [5.74, 6) is 0.255. The molecule has 128 valence electrons. The molecular weight excluding hydrogens is 386 g/mol. The molecule has 0 radical (unpaired) electrons. The Morgan fingerprint density at radius 3 is 2.80 bits per heavy atom. The first-order chi connectivity index (χ1) is 12.1. The fourth-order valence-corrected chi connectivity index (χ4v) is 3.74. The molecule has 0 amide bonds. The Kier molecular flexibility index (Phi) is 3.95. The minimum absolute atomic E-state index is 0.127. The van der Waals surface area contributed by atoms with E-state index < -0.39 is 5.97 Å². The summed E-state index contributed by atoms with van der Waals surface area (Å²) in [5, 5.41) is 7.64. The maximum Gasteiger partial charge on any atom is 0.343 e. The van der Waals surface area contributed by atoms with Crippen molar-refractivity contribution in [2.24, 2.45) is 0 Å². The van der Waals surface area contributed by atoms with E-state index in [1.54, 1.807) is 4.68 Å². The van der Waals surface area contributed by atoms with Gasteiger partial charge in [-0.1, -0.05) is 28.1 Å². The molecule has 7 heteroatoms. The molecule has 1 aliphatic carbocycles. The Morgan fingerprint density at radius 2 is 2.08 bits per heavy atom. The van der Waals surface area contributed by atoms with Crippen molar-refractivity contribution in [1.29, 1.82) is 0 Å². The monoisotopic (exact) mass is 401 g/mol. The molecule has 1 aromatic heterocycles. The van der Waals surface area contributed by atoms with Crippen LogP contribution in [-0.4, -0.2) is 28.6 Å². The second-order valence-electron chi connectivity index (χ2n) is 6.09. The highest BCUT2D eigenvalue weighted by molar-refractivity contribution is 9.10. The van der Waals surface area contributed by atoms with Crippen molar-refractivity contribution in [3.8, 4) is 0 Å². The fourth-order valence-electron chi connectivity index (χ4n) is 3.47. The van der Waals surface area contributed by atoms with E-state index in [0.717, 1.165) is 34.1 Å². The molecule has 1 aromatic carbocycles. The Bertz CT molecular complexity index is 899. The number of carbonyl (C=O) groups excluding carboxylic acids is 2. The van der Waals surface area contributed by atoms with Crippen LogP contribution in [0.3, 0.4) is 0 Å². The Labute approximate surface area is 153 Å². The largest absolute Gasteiger partial charge is 0.465 e. The van der Waals surface area contributed by atoms with Crippen molar-refractivity contribution in [2.75, 3.05) is 12.4 Å². The molecule has 0 bridgehead atoms. The molecule has 25 heavy (non-hydrogen) atoms. The predicted molar refractivity (Wildman–Crippen MR) is 95.4 cm³/mol. The minimum Gasteiger partial charge on any atom is -0.465 e. The van der Waals surface area contributed by atoms with Crippen molar-refractivity contribution in [1.82, 2.24) is 9.78 Å². The number of hydrogen-bond donors (Lipinski definition) is 1. The summed E-state index contributed by atoms with van der Waals surface area (Å²) in [5.41, 5.74) is 2.94. The number of carbonyl (C=O) groups is 2. The van der Waals surface area contributed by atoms with Gasteiger partial charge in [0.15, 0.2) is 5.78 Å². The number of aromatic nitrogens is 2. The number of nitrogens with one attached hydrogen (secondary N) is 1. The predicted octanol–water partition coefficient (Wildman–Crippen LogP) is 3.45. The molecule has 6 nitrogen and oxygen atoms in total. The average Bonchev–Trinajstić information content (AvgIpc) is 3.04. The number of fused-ring (bicyclic) bond motifs is 1. The zero-order valence-corrected chi connectivity index (χ0v) is 15.2. The highest BCUT2D eigenvalue weighted by Gasteiger charge is 2.37. The Morgan fingerprint density at radius 1 is 1.32 bits per heavy atom. The zero-order chi connectivity index (χ0) is 17.6. The number of anilines is 1. The summed E-state index contributed by atoms with van der Waals surface area (Å²) in [4.78, 5) is 24.7. The number of Topliss-reactive ketones (excluding diaryl/α,β-unsaturated/α-hetero) is 1. The number of esters is 1. The van der Waals surface area contributed by atoms with E-state index in [0.29, 0.717) is 17.8 Å². The number of nitrogens with zero attached hydrogens (tertiary/aromatic N) is 2. The van der Waals surface area contributed by atoms with Gasteiger partial charge in [0, 0.05) is 22.2 Å². The molecule has 2 heterocycles. The summed E-state index contributed by atoms with van der Waals surface area (Å²) < 4.78 is 7.52. The summed E-state index contributed by atoms with van der Waals surface area (Å²) >= 11 is 3.44. The van der Waals surface area contributed by atoms with Crippen LogP contribution in [0.25, 0.3) is 0 Å². The number of hydrogen-bond acceptors (Lipinski definition) is 5. The van der Waals surface area contributed by atoms with E-state index in [1.165, 1.54) is 13.3 Å². The average molecular weight is 402 g/mol. The van der Waals surface area contributed by atoms with Crippen LogP contribution in [0.1, 0.15) is 41.2 Å². The first kappa shape index (κ1) is 16.1. The van der Waals surface area contributed by atoms with Gasteiger partial charge in [0.25, 0.3) is 0 Å². The lowest BCUT2D eigenvalue weighted by Gasteiger charge is -2.33. The third-order valence-corrected chi connectivity index (χ3v) is 5.16. The van der Waals surface area contributed by atoms with Gasteiger partial charge < -0.3 is 10.1 Å². The number of ether oxygens (including phenoxy) is 1. The standard InChI is InChI=1S/C18H16BrN3O3/c1-25-18(24)12-9-20-22-16(10-5-7-11(19)8-6-10)15-13(21-17(12)22)3-2-4-14(15)23/h5-9,16,21H,2-4H2,1H3/t16-/m0/s1. The van der Waals surface area contributed by atoms with Crippen LogP contribution in [0.2, 0.25) is 0 Å². The SMILES string of the molecule is COC(=O)c1cnn2c1NC1=C(C(=O)CCC1)[C@@H]2c1ccc(Br)cc1. The third-order valence-electron chi connectivity index (χ3n) is 4.63. The van der Waals surface area contributed by atoms with Crippen LogP contribution in [0.4, 0.5) is 5.82 Å². The molecule has 2 aliphatic rings. The van der Waals surface area contributed by atoms with Crippen molar-refractivity contribution < 1.29 is 14.3 Å². The molecule has 1 N–H and O–H groups in total. The van der Waals surface area contributed by atoms with E-state index in [-0.39, 0.29) is 11.8 Å². The van der Waals surface area contributed by atoms with Crippen LogP contribution in [-0.2, 0) is 9.53 Å². The summed E-state index contributed by atoms with van der Waals surface area (Å²) in [6.45, 7) is 0. The summed E-state index contributed by atoms with van der Waals surface area (Å²) in [7, 11) is 1.34. The van der Waals surface area contributed by atoms with E-state index >= 15 is 0 Å². The number of benzene rings is 1. The maximum atomic E-state index is 12.6. The van der Waals surface area contributed by atoms with Gasteiger partial charge in [0.1, 0.15) is 17.4 Å². The topological polar surface area (TPSA) is 73.2 Å². The Hall–Kier alpha value is -2.41. The molecular formula is C18H16BrN3O3. The molecule has 0 fully saturated rings. The summed E-state index contributed by atoms with van der Waals surface area (Å²) in [6.07, 6.45) is 3.61. The number of methoxy groups -OCH3 is 1. The van der Waals surface area contributed by atoms with E-state index in [1.807, 2.05) is 24.3 Å². The number of allylic oxidation sites excluding steroid dienone is 2. The van der Waals surface area contributed by atoms with Crippen LogP contribution >= 0.6 is 15.9 Å². The molecule has 0 saturated carbocycles. The summed E-state index contributed by atoms with van der Waals surface area (Å²) in [6, 6.07) is 7.47. The minimum atomic E-state index is -0.450. The lowest BCUT2D eigenvalue weighted by Crippen LogP contribution is -2.31. The molecule has 0 saturated heterocycles. The van der Waals surface area contributed by atoms with Gasteiger partial charge >= 0.3 is 5.97 Å². The number of rotatable bonds is 2. The molecule has 1 aliphatic heterocycles.